The molecule has 0 fully saturated rings. The number of hydrogen-bond donors (Lipinski definition) is 0. The predicted molar refractivity (Wildman–Crippen MR) is 65.4 cm³/mol. The van der Waals surface area contributed by atoms with Crippen molar-refractivity contribution in [3.8, 4) is 0 Å². The lowest BCUT2D eigenvalue weighted by Gasteiger charge is -2.21. The standard InChI is InChI=1S/C13H28N.ClH/c1-5-6-7-8-9-10-11-12-13-14(2,3)4;/h11-12H,5-10,13H2,1-4H3;1H/q+1;/p-1. The summed E-state index contributed by atoms with van der Waals surface area (Å²) in [4.78, 5) is 0. The van der Waals surface area contributed by atoms with Crippen molar-refractivity contribution < 1.29 is 16.9 Å². The maximum atomic E-state index is 2.34. The molecule has 1 nitrogen and oxygen atoms in total. The van der Waals surface area contributed by atoms with Gasteiger partial charge in [0.25, 0.3) is 0 Å². The fourth-order valence-electron chi connectivity index (χ4n) is 1.37. The molecule has 2 heteroatoms. The molecule has 0 atom stereocenters. The molecule has 0 aliphatic heterocycles. The minimum absolute atomic E-state index is 0. The van der Waals surface area contributed by atoms with Crippen molar-refractivity contribution in [1.29, 1.82) is 0 Å². The Morgan fingerprint density at radius 3 is 2.00 bits per heavy atom. The van der Waals surface area contributed by atoms with Gasteiger partial charge in [0.05, 0.1) is 27.7 Å². The lowest BCUT2D eigenvalue weighted by Crippen LogP contribution is -3.00. The number of hydrogen-bond acceptors (Lipinski definition) is 0. The summed E-state index contributed by atoms with van der Waals surface area (Å²) in [6.45, 7) is 3.41. The molecule has 0 aromatic carbocycles. The third-order valence-electron chi connectivity index (χ3n) is 2.29. The first-order chi connectivity index (χ1) is 6.56. The summed E-state index contributed by atoms with van der Waals surface area (Å²) in [7, 11) is 6.68. The van der Waals surface area contributed by atoms with Crippen molar-refractivity contribution >= 4 is 0 Å². The second-order valence-corrected chi connectivity index (χ2v) is 5.15. The van der Waals surface area contributed by atoms with E-state index in [1.165, 1.54) is 38.5 Å². The van der Waals surface area contributed by atoms with Gasteiger partial charge >= 0.3 is 0 Å². The minimum atomic E-state index is 0. The van der Waals surface area contributed by atoms with Crippen LogP contribution in [0.3, 0.4) is 0 Å². The van der Waals surface area contributed by atoms with Crippen molar-refractivity contribution in [3.63, 3.8) is 0 Å². The van der Waals surface area contributed by atoms with E-state index in [1.54, 1.807) is 0 Å². The Morgan fingerprint density at radius 1 is 0.867 bits per heavy atom. The monoisotopic (exact) mass is 233 g/mol. The fraction of sp³-hybridized carbons (Fsp3) is 0.846. The lowest BCUT2D eigenvalue weighted by molar-refractivity contribution is -0.864. The second-order valence-electron chi connectivity index (χ2n) is 5.15. The van der Waals surface area contributed by atoms with Crippen LogP contribution in [0.2, 0.25) is 0 Å². The zero-order valence-corrected chi connectivity index (χ0v) is 11.7. The highest BCUT2D eigenvalue weighted by atomic mass is 35.5. The molecule has 0 rings (SSSR count). The Labute approximate surface area is 103 Å². The summed E-state index contributed by atoms with van der Waals surface area (Å²) in [5.41, 5.74) is 0. The van der Waals surface area contributed by atoms with Crippen LogP contribution in [-0.4, -0.2) is 32.2 Å². The van der Waals surface area contributed by atoms with Crippen LogP contribution in [0.5, 0.6) is 0 Å². The summed E-state index contributed by atoms with van der Waals surface area (Å²) >= 11 is 0. The summed E-state index contributed by atoms with van der Waals surface area (Å²) in [6, 6.07) is 0. The van der Waals surface area contributed by atoms with E-state index in [0.29, 0.717) is 0 Å². The molecule has 0 aromatic heterocycles. The van der Waals surface area contributed by atoms with Crippen LogP contribution in [0.1, 0.15) is 45.4 Å². The van der Waals surface area contributed by atoms with Gasteiger partial charge in [-0.15, -0.1) is 0 Å². The lowest BCUT2D eigenvalue weighted by atomic mass is 10.1. The summed E-state index contributed by atoms with van der Waals surface area (Å²) in [5.74, 6) is 0. The van der Waals surface area contributed by atoms with Gasteiger partial charge < -0.3 is 16.9 Å². The normalized spacial score (nSPS) is 11.7. The van der Waals surface area contributed by atoms with Crippen LogP contribution < -0.4 is 12.4 Å². The largest absolute Gasteiger partial charge is 1.00 e. The predicted octanol–water partition coefficient (Wildman–Crippen LogP) is 0.613. The van der Waals surface area contributed by atoms with E-state index in [4.69, 9.17) is 0 Å². The molecule has 15 heavy (non-hydrogen) atoms. The molecule has 0 heterocycles. The Hall–Kier alpha value is -0.0100. The highest BCUT2D eigenvalue weighted by molar-refractivity contribution is 4.81. The van der Waals surface area contributed by atoms with Crippen LogP contribution in [0, 0.1) is 0 Å². The molecule has 0 spiro atoms. The van der Waals surface area contributed by atoms with Gasteiger partial charge in [0, 0.05) is 0 Å². The van der Waals surface area contributed by atoms with Crippen LogP contribution in [-0.2, 0) is 0 Å². The Balaban J connectivity index is 0. The number of unbranched alkanes of at least 4 members (excludes halogenated alkanes) is 5. The third kappa shape index (κ3) is 16.7. The van der Waals surface area contributed by atoms with Gasteiger partial charge in [-0.25, -0.2) is 0 Å². The first-order valence-corrected chi connectivity index (χ1v) is 6.01. The van der Waals surface area contributed by atoms with Gasteiger partial charge in [-0.05, 0) is 18.9 Å². The average molecular weight is 234 g/mol. The first-order valence-electron chi connectivity index (χ1n) is 6.01. The van der Waals surface area contributed by atoms with Gasteiger partial charge in [0.2, 0.25) is 0 Å². The maximum Gasteiger partial charge on any atom is 0.0967 e. The minimum Gasteiger partial charge on any atom is -1.00 e. The van der Waals surface area contributed by atoms with Gasteiger partial charge in [-0.2, -0.15) is 0 Å². The van der Waals surface area contributed by atoms with E-state index in [-0.39, 0.29) is 12.4 Å². The number of quaternary nitrogens is 1. The molecule has 0 amide bonds. The molecular weight excluding hydrogens is 206 g/mol. The Bertz CT molecular complexity index is 147. The van der Waals surface area contributed by atoms with Gasteiger partial charge in [-0.1, -0.05) is 38.7 Å². The SMILES string of the molecule is CCCCCCCC=CC[N+](C)(C)C.[Cl-]. The number of halogens is 1. The highest BCUT2D eigenvalue weighted by Crippen LogP contribution is 2.05. The summed E-state index contributed by atoms with van der Waals surface area (Å²) < 4.78 is 1.03. The van der Waals surface area contributed by atoms with Crippen molar-refractivity contribution in [2.24, 2.45) is 0 Å². The molecule has 0 aliphatic rings. The molecule has 0 bridgehead atoms. The van der Waals surface area contributed by atoms with E-state index >= 15 is 0 Å². The van der Waals surface area contributed by atoms with Crippen LogP contribution >= 0.6 is 0 Å². The van der Waals surface area contributed by atoms with Crippen molar-refractivity contribution in [1.82, 2.24) is 0 Å². The zero-order valence-electron chi connectivity index (χ0n) is 10.9. The van der Waals surface area contributed by atoms with Crippen LogP contribution in [0.4, 0.5) is 0 Å². The molecule has 0 saturated carbocycles. The smallest absolute Gasteiger partial charge is 0.0967 e. The Kier molecular flexibility index (Phi) is 12.2. The number of likely N-dealkylation sites (N-methyl/N-ethyl adjacent to an activating group) is 1. The maximum absolute atomic E-state index is 2.34. The van der Waals surface area contributed by atoms with Crippen molar-refractivity contribution in [2.45, 2.75) is 45.4 Å². The quantitative estimate of drug-likeness (QED) is 0.328. The van der Waals surface area contributed by atoms with Gasteiger partial charge in [0.1, 0.15) is 0 Å². The van der Waals surface area contributed by atoms with E-state index in [9.17, 15) is 0 Å². The van der Waals surface area contributed by atoms with Crippen LogP contribution in [0.15, 0.2) is 12.2 Å². The molecular formula is C13H28ClN. The average Bonchev–Trinajstić information content (AvgIpc) is 2.08. The zero-order chi connectivity index (χ0) is 10.9. The third-order valence-corrected chi connectivity index (χ3v) is 2.29. The molecule has 0 saturated heterocycles. The van der Waals surface area contributed by atoms with E-state index in [0.717, 1.165) is 11.0 Å². The van der Waals surface area contributed by atoms with Gasteiger partial charge in [-0.3, -0.25) is 0 Å². The molecule has 0 aliphatic carbocycles. The fourth-order valence-corrected chi connectivity index (χ4v) is 1.37. The van der Waals surface area contributed by atoms with Crippen LogP contribution in [0.25, 0.3) is 0 Å². The molecule has 92 valence electrons. The van der Waals surface area contributed by atoms with E-state index < -0.39 is 0 Å². The second kappa shape index (κ2) is 10.5. The summed E-state index contributed by atoms with van der Waals surface area (Å²) in [6.07, 6.45) is 12.9. The number of nitrogens with zero attached hydrogens (tertiary/aromatic N) is 1. The van der Waals surface area contributed by atoms with Gasteiger partial charge in [0.15, 0.2) is 0 Å². The molecule has 0 aromatic rings. The molecule has 0 unspecified atom stereocenters. The topological polar surface area (TPSA) is 0 Å². The summed E-state index contributed by atoms with van der Waals surface area (Å²) in [5, 5.41) is 0. The Morgan fingerprint density at radius 2 is 1.47 bits per heavy atom. The van der Waals surface area contributed by atoms with E-state index in [2.05, 4.69) is 40.2 Å². The highest BCUT2D eigenvalue weighted by Gasteiger charge is 2.00. The number of allylic oxidation sites excluding steroid dienone is 1. The molecule has 0 radical (unpaired) electrons. The van der Waals surface area contributed by atoms with Crippen molar-refractivity contribution in [2.75, 3.05) is 27.7 Å². The first kappa shape index (κ1) is 17.4. The van der Waals surface area contributed by atoms with Crippen molar-refractivity contribution in [3.05, 3.63) is 12.2 Å². The molecule has 0 N–H and O–H groups in total. The number of rotatable bonds is 8. The van der Waals surface area contributed by atoms with E-state index in [1.807, 2.05) is 0 Å².